The molecule has 0 aliphatic heterocycles. The highest BCUT2D eigenvalue weighted by Gasteiger charge is 2.08. The topological polar surface area (TPSA) is 84.6 Å². The average Bonchev–Trinajstić information content (AvgIpc) is 2.29. The summed E-state index contributed by atoms with van der Waals surface area (Å²) < 4.78 is 0. The lowest BCUT2D eigenvalue weighted by atomic mass is 10.2. The molecule has 0 aromatic heterocycles. The van der Waals surface area contributed by atoms with Crippen LogP contribution in [0.4, 0.5) is 5.69 Å². The van der Waals surface area contributed by atoms with Crippen LogP contribution in [-0.2, 0) is 0 Å². The van der Waals surface area contributed by atoms with Gasteiger partial charge in [-0.05, 0) is 18.6 Å². The minimum Gasteiger partial charge on any atom is -0.267 e. The van der Waals surface area contributed by atoms with Gasteiger partial charge in [-0.1, -0.05) is 6.92 Å². The van der Waals surface area contributed by atoms with E-state index in [2.05, 4.69) is 10.5 Å². The van der Waals surface area contributed by atoms with E-state index in [1.54, 1.807) is 6.21 Å². The van der Waals surface area contributed by atoms with Gasteiger partial charge in [0.2, 0.25) is 0 Å². The zero-order valence-electron chi connectivity index (χ0n) is 8.71. The third kappa shape index (κ3) is 3.16. The number of carbonyl (C=O) groups excluding carboxylic acids is 1. The lowest BCUT2D eigenvalue weighted by Gasteiger charge is -1.98. The van der Waals surface area contributed by atoms with Gasteiger partial charge in [0.15, 0.2) is 0 Å². The molecule has 0 atom stereocenters. The van der Waals surface area contributed by atoms with Crippen LogP contribution < -0.4 is 5.43 Å². The number of carbonyl (C=O) groups is 1. The van der Waals surface area contributed by atoms with Gasteiger partial charge in [-0.3, -0.25) is 14.9 Å². The molecule has 0 heterocycles. The predicted octanol–water partition coefficient (Wildman–Crippen LogP) is 1.72. The van der Waals surface area contributed by atoms with Gasteiger partial charge in [0.25, 0.3) is 11.6 Å². The van der Waals surface area contributed by atoms with Crippen LogP contribution >= 0.6 is 0 Å². The average molecular weight is 221 g/mol. The fourth-order valence-electron chi connectivity index (χ4n) is 0.995. The Morgan fingerprint density at radius 3 is 2.62 bits per heavy atom. The van der Waals surface area contributed by atoms with Gasteiger partial charge in [-0.25, -0.2) is 5.43 Å². The predicted molar refractivity (Wildman–Crippen MR) is 59.3 cm³/mol. The highest BCUT2D eigenvalue weighted by molar-refractivity contribution is 5.94. The first-order chi connectivity index (χ1) is 7.65. The second-order valence-corrected chi connectivity index (χ2v) is 2.96. The number of benzene rings is 1. The molecule has 1 amide bonds. The summed E-state index contributed by atoms with van der Waals surface area (Å²) in [5, 5.41) is 14.0. The molecule has 1 aromatic rings. The fraction of sp³-hybridized carbons (Fsp3) is 0.200. The van der Waals surface area contributed by atoms with Crippen molar-refractivity contribution in [3.63, 3.8) is 0 Å². The Morgan fingerprint density at radius 2 is 2.12 bits per heavy atom. The van der Waals surface area contributed by atoms with Crippen molar-refractivity contribution in [1.82, 2.24) is 5.43 Å². The second kappa shape index (κ2) is 5.59. The number of nitro groups is 1. The van der Waals surface area contributed by atoms with E-state index in [0.29, 0.717) is 5.56 Å². The Kier molecular flexibility index (Phi) is 4.14. The number of rotatable bonds is 4. The minimum atomic E-state index is -0.517. The molecular formula is C10H11N3O3. The van der Waals surface area contributed by atoms with Crippen LogP contribution in [0, 0.1) is 10.1 Å². The quantitative estimate of drug-likeness (QED) is 0.477. The monoisotopic (exact) mass is 221 g/mol. The number of hydrazone groups is 1. The van der Waals surface area contributed by atoms with E-state index >= 15 is 0 Å². The van der Waals surface area contributed by atoms with E-state index in [4.69, 9.17) is 0 Å². The van der Waals surface area contributed by atoms with E-state index in [1.165, 1.54) is 24.3 Å². The van der Waals surface area contributed by atoms with Crippen molar-refractivity contribution in [1.29, 1.82) is 0 Å². The molecule has 0 saturated carbocycles. The van der Waals surface area contributed by atoms with Crippen molar-refractivity contribution < 1.29 is 9.72 Å². The van der Waals surface area contributed by atoms with Crippen molar-refractivity contribution in [2.75, 3.05) is 0 Å². The molecule has 1 N–H and O–H groups in total. The number of nitrogens with zero attached hydrogens (tertiary/aromatic N) is 2. The summed E-state index contributed by atoms with van der Waals surface area (Å²) in [4.78, 5) is 21.3. The molecule has 1 aromatic carbocycles. The van der Waals surface area contributed by atoms with Gasteiger partial charge >= 0.3 is 0 Å². The molecule has 1 rings (SSSR count). The molecule has 0 unspecified atom stereocenters. The van der Waals surface area contributed by atoms with Crippen LogP contribution in [0.1, 0.15) is 23.7 Å². The standard InChI is InChI=1S/C10H11N3O3/c1-2-7-11-12-10(14)8-3-5-9(6-4-8)13(15)16/h3-7H,2H2,1H3,(H,12,14)/b11-7+. The second-order valence-electron chi connectivity index (χ2n) is 2.96. The van der Waals surface area contributed by atoms with Crippen LogP contribution in [0.25, 0.3) is 0 Å². The molecule has 6 nitrogen and oxygen atoms in total. The number of nitro benzene ring substituents is 1. The number of non-ortho nitro benzene ring substituents is 1. The van der Waals surface area contributed by atoms with Crippen molar-refractivity contribution in [2.24, 2.45) is 5.10 Å². The molecule has 0 bridgehead atoms. The van der Waals surface area contributed by atoms with Crippen molar-refractivity contribution in [3.8, 4) is 0 Å². The van der Waals surface area contributed by atoms with Crippen LogP contribution in [0.3, 0.4) is 0 Å². The Bertz CT molecular complexity index is 412. The summed E-state index contributed by atoms with van der Waals surface area (Å²) in [7, 11) is 0. The largest absolute Gasteiger partial charge is 0.271 e. The Labute approximate surface area is 92.1 Å². The van der Waals surface area contributed by atoms with Gasteiger partial charge in [0.1, 0.15) is 0 Å². The molecule has 16 heavy (non-hydrogen) atoms. The third-order valence-corrected chi connectivity index (χ3v) is 1.78. The summed E-state index contributed by atoms with van der Waals surface area (Å²) in [6.07, 6.45) is 2.28. The molecular weight excluding hydrogens is 210 g/mol. The van der Waals surface area contributed by atoms with Gasteiger partial charge in [0, 0.05) is 23.9 Å². The first kappa shape index (κ1) is 11.8. The minimum absolute atomic E-state index is 0.0476. The maximum atomic E-state index is 11.4. The molecule has 6 heteroatoms. The summed E-state index contributed by atoms with van der Waals surface area (Å²) in [5.41, 5.74) is 2.59. The molecule has 0 radical (unpaired) electrons. The van der Waals surface area contributed by atoms with Crippen molar-refractivity contribution in [3.05, 3.63) is 39.9 Å². The number of hydrogen-bond acceptors (Lipinski definition) is 4. The zero-order chi connectivity index (χ0) is 12.0. The molecule has 0 spiro atoms. The summed E-state index contributed by atoms with van der Waals surface area (Å²) in [5.74, 6) is -0.389. The molecule has 0 saturated heterocycles. The lowest BCUT2D eigenvalue weighted by Crippen LogP contribution is -2.17. The number of amides is 1. The Balaban J connectivity index is 2.70. The fourth-order valence-corrected chi connectivity index (χ4v) is 0.995. The summed E-state index contributed by atoms with van der Waals surface area (Å²) >= 11 is 0. The highest BCUT2D eigenvalue weighted by Crippen LogP contribution is 2.11. The van der Waals surface area contributed by atoms with Crippen LogP contribution in [0.15, 0.2) is 29.4 Å². The number of hydrogen-bond donors (Lipinski definition) is 1. The molecule has 84 valence electrons. The van der Waals surface area contributed by atoms with Crippen molar-refractivity contribution >= 4 is 17.8 Å². The first-order valence-electron chi connectivity index (χ1n) is 4.71. The van der Waals surface area contributed by atoms with Gasteiger partial charge < -0.3 is 0 Å². The van der Waals surface area contributed by atoms with E-state index in [0.717, 1.165) is 6.42 Å². The molecule has 0 aliphatic rings. The number of nitrogens with one attached hydrogen (secondary N) is 1. The van der Waals surface area contributed by atoms with Gasteiger partial charge in [-0.15, -0.1) is 0 Å². The maximum absolute atomic E-state index is 11.4. The third-order valence-electron chi connectivity index (χ3n) is 1.78. The van der Waals surface area contributed by atoms with Gasteiger partial charge in [0.05, 0.1) is 4.92 Å². The zero-order valence-corrected chi connectivity index (χ0v) is 8.71. The highest BCUT2D eigenvalue weighted by atomic mass is 16.6. The lowest BCUT2D eigenvalue weighted by molar-refractivity contribution is -0.384. The normalized spacial score (nSPS) is 10.3. The Morgan fingerprint density at radius 1 is 1.50 bits per heavy atom. The van der Waals surface area contributed by atoms with E-state index in [9.17, 15) is 14.9 Å². The van der Waals surface area contributed by atoms with Crippen LogP contribution in [-0.4, -0.2) is 17.0 Å². The Hall–Kier alpha value is -2.24. The SMILES string of the molecule is CC/C=N/NC(=O)c1ccc([N+](=O)[O-])cc1. The molecule has 0 fully saturated rings. The smallest absolute Gasteiger partial charge is 0.267 e. The molecule has 0 aliphatic carbocycles. The van der Waals surface area contributed by atoms with E-state index in [1.807, 2.05) is 6.92 Å². The van der Waals surface area contributed by atoms with Crippen LogP contribution in [0.2, 0.25) is 0 Å². The van der Waals surface area contributed by atoms with E-state index < -0.39 is 4.92 Å². The van der Waals surface area contributed by atoms with Crippen molar-refractivity contribution in [2.45, 2.75) is 13.3 Å². The first-order valence-corrected chi connectivity index (χ1v) is 4.71. The summed E-state index contributed by atoms with van der Waals surface area (Å²) in [6, 6.07) is 5.32. The van der Waals surface area contributed by atoms with E-state index in [-0.39, 0.29) is 11.6 Å². The van der Waals surface area contributed by atoms with Crippen LogP contribution in [0.5, 0.6) is 0 Å². The van der Waals surface area contributed by atoms with Gasteiger partial charge in [-0.2, -0.15) is 5.10 Å². The maximum Gasteiger partial charge on any atom is 0.271 e. The summed E-state index contributed by atoms with van der Waals surface area (Å²) in [6.45, 7) is 1.89.